The average molecular weight is 319 g/mol. The van der Waals surface area contributed by atoms with Gasteiger partial charge in [-0.3, -0.25) is 4.79 Å². The quantitative estimate of drug-likeness (QED) is 0.766. The first-order valence-electron chi connectivity index (χ1n) is 7.00. The van der Waals surface area contributed by atoms with Crippen LogP contribution in [0.4, 0.5) is 8.78 Å². The molecule has 4 nitrogen and oxygen atoms in total. The molecule has 0 saturated carbocycles. The van der Waals surface area contributed by atoms with Crippen LogP contribution in [-0.2, 0) is 4.79 Å². The SMILES string of the molecule is CC(C)c1cccc(-c2c(F)cc(OCC(=O)N=O)cc2F)c1. The summed E-state index contributed by atoms with van der Waals surface area (Å²) in [5, 5.41) is 2.14. The third kappa shape index (κ3) is 3.97. The molecular formula is C17H15F2NO3. The summed E-state index contributed by atoms with van der Waals surface area (Å²) in [5.74, 6) is -2.63. The molecule has 0 heterocycles. The van der Waals surface area contributed by atoms with Crippen molar-refractivity contribution in [3.8, 4) is 16.9 Å². The number of benzene rings is 2. The second-order valence-electron chi connectivity index (χ2n) is 5.32. The predicted octanol–water partition coefficient (Wildman–Crippen LogP) is 4.43. The maximum absolute atomic E-state index is 14.2. The van der Waals surface area contributed by atoms with Crippen LogP contribution < -0.4 is 4.74 Å². The van der Waals surface area contributed by atoms with Gasteiger partial charge in [0.1, 0.15) is 17.4 Å². The van der Waals surface area contributed by atoms with Gasteiger partial charge in [0.05, 0.1) is 5.56 Å². The van der Waals surface area contributed by atoms with Crippen molar-refractivity contribution in [1.29, 1.82) is 0 Å². The average Bonchev–Trinajstić information content (AvgIpc) is 2.52. The van der Waals surface area contributed by atoms with E-state index in [1.807, 2.05) is 19.9 Å². The van der Waals surface area contributed by atoms with Gasteiger partial charge in [-0.25, -0.2) is 8.78 Å². The van der Waals surface area contributed by atoms with Crippen LogP contribution in [0, 0.1) is 16.5 Å². The molecule has 120 valence electrons. The normalized spacial score (nSPS) is 10.7. The first-order valence-corrected chi connectivity index (χ1v) is 7.00. The minimum atomic E-state index is -1.06. The monoisotopic (exact) mass is 319 g/mol. The largest absolute Gasteiger partial charge is 0.483 e. The van der Waals surface area contributed by atoms with E-state index in [-0.39, 0.29) is 17.2 Å². The highest BCUT2D eigenvalue weighted by Crippen LogP contribution is 2.31. The summed E-state index contributed by atoms with van der Waals surface area (Å²) in [4.78, 5) is 20.7. The highest BCUT2D eigenvalue weighted by Gasteiger charge is 2.15. The Morgan fingerprint density at radius 1 is 1.17 bits per heavy atom. The summed E-state index contributed by atoms with van der Waals surface area (Å²) >= 11 is 0. The number of rotatable bonds is 5. The zero-order valence-corrected chi connectivity index (χ0v) is 12.7. The molecule has 0 atom stereocenters. The number of amides is 1. The molecule has 0 spiro atoms. The van der Waals surface area contributed by atoms with Gasteiger partial charge in [-0.1, -0.05) is 38.1 Å². The number of carbonyl (C=O) groups is 1. The van der Waals surface area contributed by atoms with E-state index in [0.29, 0.717) is 5.56 Å². The fourth-order valence-electron chi connectivity index (χ4n) is 2.13. The van der Waals surface area contributed by atoms with E-state index in [4.69, 9.17) is 4.74 Å². The van der Waals surface area contributed by atoms with Crippen molar-refractivity contribution >= 4 is 5.91 Å². The van der Waals surface area contributed by atoms with Gasteiger partial charge in [-0.2, -0.15) is 0 Å². The molecule has 0 radical (unpaired) electrons. The molecule has 0 unspecified atom stereocenters. The van der Waals surface area contributed by atoms with Crippen LogP contribution in [0.15, 0.2) is 41.6 Å². The zero-order chi connectivity index (χ0) is 17.0. The van der Waals surface area contributed by atoms with E-state index in [0.717, 1.165) is 17.7 Å². The van der Waals surface area contributed by atoms with E-state index < -0.39 is 24.1 Å². The molecule has 2 aromatic carbocycles. The number of hydrogen-bond donors (Lipinski definition) is 0. The van der Waals surface area contributed by atoms with Crippen LogP contribution in [0.5, 0.6) is 5.75 Å². The second kappa shape index (κ2) is 7.09. The van der Waals surface area contributed by atoms with Gasteiger partial charge in [0, 0.05) is 17.3 Å². The number of ether oxygens (including phenoxy) is 1. The molecule has 0 aromatic heterocycles. The number of carbonyl (C=O) groups excluding carboxylic acids is 1. The zero-order valence-electron chi connectivity index (χ0n) is 12.7. The summed E-state index contributed by atoms with van der Waals surface area (Å²) in [6, 6.07) is 8.92. The van der Waals surface area contributed by atoms with Crippen LogP contribution in [0.3, 0.4) is 0 Å². The molecule has 0 aliphatic rings. The molecule has 6 heteroatoms. The molecule has 0 bridgehead atoms. The Kier molecular flexibility index (Phi) is 5.16. The molecular weight excluding hydrogens is 304 g/mol. The van der Waals surface area contributed by atoms with Gasteiger partial charge in [0.25, 0.3) is 0 Å². The Morgan fingerprint density at radius 3 is 2.39 bits per heavy atom. The van der Waals surface area contributed by atoms with Gasteiger partial charge in [-0.15, -0.1) is 4.91 Å². The van der Waals surface area contributed by atoms with Crippen molar-refractivity contribution in [1.82, 2.24) is 0 Å². The van der Waals surface area contributed by atoms with Crippen LogP contribution >= 0.6 is 0 Å². The van der Waals surface area contributed by atoms with Crippen molar-refractivity contribution in [2.24, 2.45) is 5.18 Å². The van der Waals surface area contributed by atoms with E-state index >= 15 is 0 Å². The highest BCUT2D eigenvalue weighted by molar-refractivity contribution is 5.78. The minimum absolute atomic E-state index is 0.167. The fraction of sp³-hybridized carbons (Fsp3) is 0.235. The smallest absolute Gasteiger partial charge is 0.323 e. The number of hydrogen-bond acceptors (Lipinski definition) is 3. The summed E-state index contributed by atoms with van der Waals surface area (Å²) in [6.45, 7) is 3.31. The molecule has 0 aliphatic carbocycles. The maximum Gasteiger partial charge on any atom is 0.323 e. The van der Waals surface area contributed by atoms with E-state index in [9.17, 15) is 18.5 Å². The van der Waals surface area contributed by atoms with Gasteiger partial charge < -0.3 is 4.74 Å². The molecule has 0 saturated heterocycles. The molecule has 23 heavy (non-hydrogen) atoms. The predicted molar refractivity (Wildman–Crippen MR) is 82.2 cm³/mol. The van der Waals surface area contributed by atoms with Crippen molar-refractivity contribution in [2.45, 2.75) is 19.8 Å². The summed E-state index contributed by atoms with van der Waals surface area (Å²) < 4.78 is 33.3. The Morgan fingerprint density at radius 2 is 1.83 bits per heavy atom. The lowest BCUT2D eigenvalue weighted by Gasteiger charge is -2.11. The standard InChI is InChI=1S/C17H15F2NO3/c1-10(2)11-4-3-5-12(6-11)17-14(18)7-13(8-15(17)19)23-9-16(21)20-22/h3-8,10H,9H2,1-2H3. The third-order valence-corrected chi connectivity index (χ3v) is 3.32. The number of nitroso groups, excluding NO2 is 1. The lowest BCUT2D eigenvalue weighted by molar-refractivity contribution is -0.119. The summed E-state index contributed by atoms with van der Waals surface area (Å²) in [5.41, 5.74) is 1.22. The van der Waals surface area contributed by atoms with Crippen LogP contribution in [0.25, 0.3) is 11.1 Å². The summed E-state index contributed by atoms with van der Waals surface area (Å²) in [6.07, 6.45) is 0. The van der Waals surface area contributed by atoms with Gasteiger partial charge in [0.15, 0.2) is 6.61 Å². The van der Waals surface area contributed by atoms with Gasteiger partial charge in [-0.05, 0) is 17.0 Å². The lowest BCUT2D eigenvalue weighted by Crippen LogP contribution is -2.08. The Labute approximate surface area is 132 Å². The van der Waals surface area contributed by atoms with E-state index in [1.54, 1.807) is 18.2 Å². The van der Waals surface area contributed by atoms with Gasteiger partial charge in [0.2, 0.25) is 0 Å². The lowest BCUT2D eigenvalue weighted by atomic mass is 9.97. The van der Waals surface area contributed by atoms with Crippen LogP contribution in [-0.4, -0.2) is 12.5 Å². The topological polar surface area (TPSA) is 55.7 Å². The first kappa shape index (κ1) is 16.7. The summed E-state index contributed by atoms with van der Waals surface area (Å²) in [7, 11) is 0. The van der Waals surface area contributed by atoms with E-state index in [2.05, 4.69) is 5.18 Å². The van der Waals surface area contributed by atoms with Crippen molar-refractivity contribution in [3.05, 3.63) is 58.5 Å². The third-order valence-electron chi connectivity index (χ3n) is 3.32. The minimum Gasteiger partial charge on any atom is -0.483 e. The second-order valence-corrected chi connectivity index (χ2v) is 5.32. The van der Waals surface area contributed by atoms with Gasteiger partial charge >= 0.3 is 5.91 Å². The maximum atomic E-state index is 14.2. The highest BCUT2D eigenvalue weighted by atomic mass is 19.1. The molecule has 0 fully saturated rings. The van der Waals surface area contributed by atoms with Crippen molar-refractivity contribution in [3.63, 3.8) is 0 Å². The Bertz CT molecular complexity index is 721. The van der Waals surface area contributed by atoms with Crippen LogP contribution in [0.1, 0.15) is 25.3 Å². The number of nitrogens with zero attached hydrogens (tertiary/aromatic N) is 1. The van der Waals surface area contributed by atoms with Crippen LogP contribution in [0.2, 0.25) is 0 Å². The molecule has 2 aromatic rings. The molecule has 2 rings (SSSR count). The molecule has 0 aliphatic heterocycles. The molecule has 0 N–H and O–H groups in total. The fourth-order valence-corrected chi connectivity index (χ4v) is 2.13. The van der Waals surface area contributed by atoms with Crippen molar-refractivity contribution in [2.75, 3.05) is 6.61 Å². The Balaban J connectivity index is 2.35. The molecule has 1 amide bonds. The Hall–Kier alpha value is -2.63. The van der Waals surface area contributed by atoms with Crippen molar-refractivity contribution < 1.29 is 18.3 Å². The number of halogens is 2. The van der Waals surface area contributed by atoms with E-state index in [1.165, 1.54) is 0 Å². The first-order chi connectivity index (χ1) is 10.9.